The molecule has 1 atom stereocenters. The minimum atomic E-state index is -0.0909. The number of hydrogen-bond acceptors (Lipinski definition) is 4. The van der Waals surface area contributed by atoms with Crippen LogP contribution in [0.5, 0.6) is 5.88 Å². The van der Waals surface area contributed by atoms with Crippen molar-refractivity contribution in [2.45, 2.75) is 25.0 Å². The highest BCUT2D eigenvalue weighted by atomic mass is 35.5. The zero-order valence-electron chi connectivity index (χ0n) is 16.3. The van der Waals surface area contributed by atoms with Crippen LogP contribution in [-0.4, -0.2) is 22.4 Å². The summed E-state index contributed by atoms with van der Waals surface area (Å²) in [7, 11) is 3.52. The van der Waals surface area contributed by atoms with Gasteiger partial charge >= 0.3 is 10.7 Å². The summed E-state index contributed by atoms with van der Waals surface area (Å²) in [6.45, 7) is 4.00. The van der Waals surface area contributed by atoms with Crippen molar-refractivity contribution < 1.29 is 9.30 Å². The fourth-order valence-electron chi connectivity index (χ4n) is 3.30. The van der Waals surface area contributed by atoms with E-state index in [-0.39, 0.29) is 11.6 Å². The fraction of sp³-hybridized carbons (Fsp3) is 0.286. The second-order valence-corrected chi connectivity index (χ2v) is 7.38. The largest absolute Gasteiger partial charge is 0.465 e. The van der Waals surface area contributed by atoms with E-state index in [0.717, 1.165) is 22.0 Å². The molecule has 0 spiro atoms. The quantitative estimate of drug-likeness (QED) is 0.366. The highest BCUT2D eigenvalue weighted by molar-refractivity contribution is 7.99. The van der Waals surface area contributed by atoms with E-state index in [1.54, 1.807) is 31.1 Å². The van der Waals surface area contributed by atoms with E-state index in [0.29, 0.717) is 16.6 Å². The van der Waals surface area contributed by atoms with E-state index in [1.807, 2.05) is 66.4 Å². The standard InChI is InChI=1S/C19H17ClN3O2S.C2H6/c1-22-18(25-2)16(12-6-4-3-5-7-12)17(24)23-14(11-26-19(22)23)13-8-9-15(20)21-10-13;1-2/h3-10,14H,11H2,1-2H3;1-2H3/q+1;/t14-;/m1./s1. The van der Waals surface area contributed by atoms with Crippen LogP contribution in [0, 0.1) is 0 Å². The van der Waals surface area contributed by atoms with Crippen molar-refractivity contribution in [1.29, 1.82) is 0 Å². The minimum absolute atomic E-state index is 0.0638. The summed E-state index contributed by atoms with van der Waals surface area (Å²) in [5, 5.41) is 1.31. The normalized spacial score (nSPS) is 14.8. The summed E-state index contributed by atoms with van der Waals surface area (Å²) in [6, 6.07) is 13.2. The van der Waals surface area contributed by atoms with Crippen molar-refractivity contribution >= 4 is 23.4 Å². The lowest BCUT2D eigenvalue weighted by Gasteiger charge is -2.13. The molecule has 0 amide bonds. The molecule has 28 heavy (non-hydrogen) atoms. The van der Waals surface area contributed by atoms with Gasteiger partial charge in [0.25, 0.3) is 5.88 Å². The molecule has 4 rings (SSSR count). The molecule has 7 heteroatoms. The van der Waals surface area contributed by atoms with E-state index in [1.165, 1.54) is 0 Å². The molecule has 0 saturated carbocycles. The molecule has 0 bridgehead atoms. The summed E-state index contributed by atoms with van der Waals surface area (Å²) < 4.78 is 9.38. The summed E-state index contributed by atoms with van der Waals surface area (Å²) in [5.41, 5.74) is 2.30. The van der Waals surface area contributed by atoms with Crippen LogP contribution in [0.1, 0.15) is 25.5 Å². The number of methoxy groups -OCH3 is 1. The molecule has 146 valence electrons. The van der Waals surface area contributed by atoms with Crippen molar-refractivity contribution in [2.24, 2.45) is 7.05 Å². The molecule has 0 radical (unpaired) electrons. The third-order valence-corrected chi connectivity index (χ3v) is 5.95. The first kappa shape index (κ1) is 20.4. The maximum absolute atomic E-state index is 13.5. The molecule has 3 aromatic rings. The van der Waals surface area contributed by atoms with Crippen LogP contribution in [0.25, 0.3) is 11.1 Å². The lowest BCUT2D eigenvalue weighted by Crippen LogP contribution is -2.42. The predicted molar refractivity (Wildman–Crippen MR) is 113 cm³/mol. The Balaban J connectivity index is 0.00000109. The van der Waals surface area contributed by atoms with Crippen LogP contribution in [0.15, 0.2) is 58.6 Å². The van der Waals surface area contributed by atoms with Crippen molar-refractivity contribution in [2.75, 3.05) is 12.9 Å². The molecule has 0 aliphatic carbocycles. The highest BCUT2D eigenvalue weighted by Gasteiger charge is 2.39. The lowest BCUT2D eigenvalue weighted by molar-refractivity contribution is -0.719. The summed E-state index contributed by atoms with van der Waals surface area (Å²) in [6.07, 6.45) is 1.74. The predicted octanol–water partition coefficient (Wildman–Crippen LogP) is 4.12. The van der Waals surface area contributed by atoms with E-state index in [9.17, 15) is 4.79 Å². The maximum atomic E-state index is 13.5. The number of fused-ring (bicyclic) bond motifs is 1. The Morgan fingerprint density at radius 1 is 1.21 bits per heavy atom. The molecule has 2 aromatic heterocycles. The van der Waals surface area contributed by atoms with Gasteiger partial charge in [0.1, 0.15) is 11.2 Å². The molecular weight excluding hydrogens is 394 g/mol. The lowest BCUT2D eigenvalue weighted by atomic mass is 10.1. The number of thioether (sulfide) groups is 1. The minimum Gasteiger partial charge on any atom is -0.465 e. The molecule has 0 N–H and O–H groups in total. The molecule has 3 heterocycles. The summed E-state index contributed by atoms with van der Waals surface area (Å²) in [4.78, 5) is 17.6. The van der Waals surface area contributed by atoms with Gasteiger partial charge in [0, 0.05) is 11.8 Å². The van der Waals surface area contributed by atoms with Gasteiger partial charge in [0.05, 0.1) is 19.9 Å². The van der Waals surface area contributed by atoms with Gasteiger partial charge in [-0.15, -0.1) is 0 Å². The SMILES string of the molecule is CC.COc1c(-c2ccccc2)c(=O)n2c([n+]1C)SC[C@@H]2c1ccc(Cl)nc1. The van der Waals surface area contributed by atoms with E-state index >= 15 is 0 Å². The second kappa shape index (κ2) is 8.80. The van der Waals surface area contributed by atoms with Crippen LogP contribution in [0.3, 0.4) is 0 Å². The smallest absolute Gasteiger partial charge is 0.350 e. The van der Waals surface area contributed by atoms with Crippen LogP contribution >= 0.6 is 23.4 Å². The van der Waals surface area contributed by atoms with Crippen LogP contribution < -0.4 is 14.9 Å². The van der Waals surface area contributed by atoms with Gasteiger partial charge in [-0.05, 0) is 23.4 Å². The zero-order valence-corrected chi connectivity index (χ0v) is 17.9. The van der Waals surface area contributed by atoms with Crippen LogP contribution in [-0.2, 0) is 7.05 Å². The first-order valence-electron chi connectivity index (χ1n) is 9.14. The third-order valence-electron chi connectivity index (χ3n) is 4.52. The van der Waals surface area contributed by atoms with Crippen molar-refractivity contribution in [3.8, 4) is 17.0 Å². The van der Waals surface area contributed by atoms with E-state index in [2.05, 4.69) is 4.98 Å². The number of aromatic nitrogens is 3. The van der Waals surface area contributed by atoms with Crippen molar-refractivity contribution in [1.82, 2.24) is 9.55 Å². The van der Waals surface area contributed by atoms with Gasteiger partial charge in [0.2, 0.25) is 0 Å². The number of ether oxygens (including phenoxy) is 1. The van der Waals surface area contributed by atoms with Gasteiger partial charge in [-0.3, -0.25) is 0 Å². The molecule has 1 aromatic carbocycles. The highest BCUT2D eigenvalue weighted by Crippen LogP contribution is 2.36. The first-order chi connectivity index (χ1) is 13.6. The second-order valence-electron chi connectivity index (χ2n) is 6.01. The number of rotatable bonds is 3. The van der Waals surface area contributed by atoms with Gasteiger partial charge in [-0.1, -0.05) is 61.8 Å². The topological polar surface area (TPSA) is 48.0 Å². The maximum Gasteiger partial charge on any atom is 0.350 e. The Bertz CT molecular complexity index is 1020. The molecular formula is C21H23ClN3O2S+. The Kier molecular flexibility index (Phi) is 6.42. The first-order valence-corrected chi connectivity index (χ1v) is 10.5. The van der Waals surface area contributed by atoms with Gasteiger partial charge in [0.15, 0.2) is 5.56 Å². The molecule has 5 nitrogen and oxygen atoms in total. The van der Waals surface area contributed by atoms with Crippen LogP contribution in [0.2, 0.25) is 5.15 Å². The average molecular weight is 417 g/mol. The Morgan fingerprint density at radius 2 is 1.93 bits per heavy atom. The van der Waals surface area contributed by atoms with Crippen molar-refractivity contribution in [3.05, 3.63) is 69.7 Å². The third kappa shape index (κ3) is 3.54. The molecule has 1 aliphatic heterocycles. The Labute approximate surface area is 174 Å². The summed E-state index contributed by atoms with van der Waals surface area (Å²) in [5.74, 6) is 1.32. The number of nitrogens with zero attached hydrogens (tertiary/aromatic N) is 3. The number of pyridine rings is 1. The van der Waals surface area contributed by atoms with Crippen LogP contribution in [0.4, 0.5) is 0 Å². The Hall–Kier alpha value is -2.31. The summed E-state index contributed by atoms with van der Waals surface area (Å²) >= 11 is 7.55. The molecule has 0 saturated heterocycles. The number of hydrogen-bond donors (Lipinski definition) is 0. The number of benzene rings is 1. The van der Waals surface area contributed by atoms with Crippen molar-refractivity contribution in [3.63, 3.8) is 0 Å². The monoisotopic (exact) mass is 416 g/mol. The molecule has 0 unspecified atom stereocenters. The van der Waals surface area contributed by atoms with E-state index < -0.39 is 0 Å². The van der Waals surface area contributed by atoms with Gasteiger partial charge < -0.3 is 4.74 Å². The van der Waals surface area contributed by atoms with E-state index in [4.69, 9.17) is 16.3 Å². The van der Waals surface area contributed by atoms with Gasteiger partial charge in [-0.25, -0.2) is 9.78 Å². The number of halogens is 1. The average Bonchev–Trinajstić information content (AvgIpc) is 3.19. The molecule has 1 aliphatic rings. The molecule has 0 fully saturated rings. The van der Waals surface area contributed by atoms with Gasteiger partial charge in [-0.2, -0.15) is 9.13 Å². The zero-order chi connectivity index (χ0) is 20.3. The Morgan fingerprint density at radius 3 is 2.54 bits per heavy atom. The fourth-order valence-corrected chi connectivity index (χ4v) is 4.69.